The normalized spacial score (nSPS) is 17.3. The van der Waals surface area contributed by atoms with Crippen LogP contribution in [0.3, 0.4) is 0 Å². The van der Waals surface area contributed by atoms with Crippen molar-refractivity contribution in [3.63, 3.8) is 0 Å². The molecule has 4 bridgehead atoms. The van der Waals surface area contributed by atoms with Gasteiger partial charge in [-0.2, -0.15) is 0 Å². The lowest BCUT2D eigenvalue weighted by Gasteiger charge is -2.32. The number of amides is 3. The Kier molecular flexibility index (Phi) is 9.69. The number of anilines is 1. The van der Waals surface area contributed by atoms with E-state index >= 15 is 0 Å². The Balaban J connectivity index is 1.35. The third-order valence-electron chi connectivity index (χ3n) is 8.09. The number of piperazine rings is 1. The number of hydrogen-bond acceptors (Lipinski definition) is 8. The van der Waals surface area contributed by atoms with E-state index in [-0.39, 0.29) is 53.8 Å². The van der Waals surface area contributed by atoms with Crippen molar-refractivity contribution in [2.24, 2.45) is 0 Å². The zero-order chi connectivity index (χ0) is 31.2. The average Bonchev–Trinajstić information content (AvgIpc) is 3.01. The molecule has 0 radical (unpaired) electrons. The van der Waals surface area contributed by atoms with E-state index in [1.54, 1.807) is 30.2 Å². The van der Waals surface area contributed by atoms with Crippen LogP contribution in [0.1, 0.15) is 44.8 Å². The number of likely N-dealkylation sites (N-methyl/N-ethyl adjacent to an activating group) is 1. The second-order valence-corrected chi connectivity index (χ2v) is 11.3. The van der Waals surface area contributed by atoms with Crippen LogP contribution in [0.15, 0.2) is 42.6 Å². The van der Waals surface area contributed by atoms with Gasteiger partial charge in [0.25, 0.3) is 11.8 Å². The van der Waals surface area contributed by atoms with Crippen molar-refractivity contribution >= 4 is 23.7 Å². The number of aryl methyl sites for hydroxylation is 1. The summed E-state index contributed by atoms with van der Waals surface area (Å²) in [6.45, 7) is 6.17. The smallest absolute Gasteiger partial charge is 0.257 e. The predicted molar refractivity (Wildman–Crippen MR) is 164 cm³/mol. The Morgan fingerprint density at radius 2 is 1.73 bits per heavy atom. The van der Waals surface area contributed by atoms with E-state index < -0.39 is 11.7 Å². The molecule has 3 heterocycles. The van der Waals surface area contributed by atoms with E-state index in [4.69, 9.17) is 0 Å². The number of carbonyl (C=O) groups excluding carboxylic acids is 3. The minimum absolute atomic E-state index is 0.0921. The molecule has 3 amide bonds. The van der Waals surface area contributed by atoms with Crippen LogP contribution in [0.5, 0.6) is 5.75 Å². The molecule has 2 aliphatic rings. The fraction of sp³-hybridized carbons (Fsp3) is 0.406. The summed E-state index contributed by atoms with van der Waals surface area (Å²) >= 11 is 0. The molecule has 2 aromatic carbocycles. The molecule has 2 aliphatic heterocycles. The largest absolute Gasteiger partial charge is 0.507 e. The minimum Gasteiger partial charge on any atom is -0.507 e. The molecule has 3 aromatic rings. The lowest BCUT2D eigenvalue weighted by molar-refractivity contribution is -0.121. The van der Waals surface area contributed by atoms with Crippen LogP contribution in [-0.2, 0) is 11.2 Å². The number of carbonyl (C=O) groups is 3. The number of aromatic hydroxyl groups is 1. The molecule has 0 saturated carbocycles. The topological polar surface area (TPSA) is 131 Å². The Labute approximate surface area is 256 Å². The number of aromatic nitrogens is 2. The summed E-state index contributed by atoms with van der Waals surface area (Å²) in [5.74, 6) is -0.978. The summed E-state index contributed by atoms with van der Waals surface area (Å²) in [5, 5.41) is 16.2. The van der Waals surface area contributed by atoms with Crippen molar-refractivity contribution < 1.29 is 23.9 Å². The van der Waals surface area contributed by atoms with Gasteiger partial charge in [-0.25, -0.2) is 14.4 Å². The van der Waals surface area contributed by atoms with Crippen molar-refractivity contribution in [1.29, 1.82) is 0 Å². The van der Waals surface area contributed by atoms with Gasteiger partial charge in [0.05, 0.1) is 11.3 Å². The average molecular weight is 604 g/mol. The highest BCUT2D eigenvalue weighted by molar-refractivity contribution is 5.96. The van der Waals surface area contributed by atoms with Gasteiger partial charge in [0.2, 0.25) is 11.9 Å². The van der Waals surface area contributed by atoms with Crippen molar-refractivity contribution in [3.8, 4) is 16.9 Å². The maximum Gasteiger partial charge on any atom is 0.257 e. The van der Waals surface area contributed by atoms with Crippen molar-refractivity contribution in [2.45, 2.75) is 26.2 Å². The van der Waals surface area contributed by atoms with Crippen LogP contribution < -0.4 is 15.5 Å². The molecule has 232 valence electrons. The number of nitrogens with one attached hydrogen (secondary N) is 2. The molecule has 11 nitrogen and oxygen atoms in total. The van der Waals surface area contributed by atoms with Crippen molar-refractivity contribution in [2.75, 3.05) is 64.3 Å². The molecular formula is C32H38FN7O4. The van der Waals surface area contributed by atoms with E-state index in [2.05, 4.69) is 37.4 Å². The quantitative estimate of drug-likeness (QED) is 0.407. The van der Waals surface area contributed by atoms with Gasteiger partial charge in [-0.1, -0.05) is 6.07 Å². The van der Waals surface area contributed by atoms with Gasteiger partial charge in [-0.3, -0.25) is 14.4 Å². The van der Waals surface area contributed by atoms with Gasteiger partial charge in [0.15, 0.2) is 0 Å². The zero-order valence-corrected chi connectivity index (χ0v) is 25.1. The number of fused-ring (bicyclic) bond motifs is 5. The number of nitrogens with zero attached hydrogens (tertiary/aromatic N) is 5. The number of hydrogen-bond donors (Lipinski definition) is 3. The highest BCUT2D eigenvalue weighted by Gasteiger charge is 2.23. The second-order valence-electron chi connectivity index (χ2n) is 11.3. The monoisotopic (exact) mass is 603 g/mol. The lowest BCUT2D eigenvalue weighted by atomic mass is 9.98. The first-order valence-electron chi connectivity index (χ1n) is 14.9. The predicted octanol–water partition coefficient (Wildman–Crippen LogP) is 2.37. The van der Waals surface area contributed by atoms with Gasteiger partial charge in [-0.05, 0) is 62.7 Å². The molecule has 0 unspecified atom stereocenters. The van der Waals surface area contributed by atoms with Gasteiger partial charge >= 0.3 is 0 Å². The Morgan fingerprint density at radius 3 is 2.50 bits per heavy atom. The van der Waals surface area contributed by atoms with E-state index in [1.165, 1.54) is 24.3 Å². The van der Waals surface area contributed by atoms with Crippen LogP contribution in [0.4, 0.5) is 10.3 Å². The first-order chi connectivity index (χ1) is 21.2. The number of benzene rings is 2. The zero-order valence-electron chi connectivity index (χ0n) is 25.1. The van der Waals surface area contributed by atoms with Gasteiger partial charge < -0.3 is 30.4 Å². The molecule has 3 N–H and O–H groups in total. The summed E-state index contributed by atoms with van der Waals surface area (Å²) in [6, 6.07) is 8.84. The summed E-state index contributed by atoms with van der Waals surface area (Å²) in [7, 11) is 2.07. The van der Waals surface area contributed by atoms with Gasteiger partial charge in [-0.15, -0.1) is 0 Å². The van der Waals surface area contributed by atoms with Crippen LogP contribution in [0, 0.1) is 12.7 Å². The lowest BCUT2D eigenvalue weighted by Crippen LogP contribution is -2.45. The molecule has 0 atom stereocenters. The SMILES string of the molecule is Cc1nc(N2CCN(C)CC2)ncc1C(=O)N1CCCC(=O)NCCc2ccc(O)c(c2)-c2cc(ccc2F)C(=O)NCC1. The number of phenolic OH excluding ortho intramolecular Hbond substituents is 1. The summed E-state index contributed by atoms with van der Waals surface area (Å²) in [6.07, 6.45) is 2.66. The third kappa shape index (κ3) is 7.31. The van der Waals surface area contributed by atoms with Crippen molar-refractivity contribution in [3.05, 3.63) is 70.8 Å². The Hall–Kier alpha value is -4.58. The molecule has 1 saturated heterocycles. The number of halogens is 1. The fourth-order valence-electron chi connectivity index (χ4n) is 5.41. The van der Waals surface area contributed by atoms with Crippen LogP contribution in [0.25, 0.3) is 11.1 Å². The van der Waals surface area contributed by atoms with Crippen LogP contribution in [0.2, 0.25) is 0 Å². The third-order valence-corrected chi connectivity index (χ3v) is 8.09. The Bertz CT molecular complexity index is 1540. The maximum absolute atomic E-state index is 14.9. The minimum atomic E-state index is -0.579. The van der Waals surface area contributed by atoms with Crippen LogP contribution in [-0.4, -0.2) is 102 Å². The van der Waals surface area contributed by atoms with E-state index in [9.17, 15) is 23.9 Å². The van der Waals surface area contributed by atoms with Gasteiger partial charge in [0.1, 0.15) is 11.6 Å². The first-order valence-corrected chi connectivity index (χ1v) is 14.9. The summed E-state index contributed by atoms with van der Waals surface area (Å²) in [4.78, 5) is 54.4. The summed E-state index contributed by atoms with van der Waals surface area (Å²) < 4.78 is 14.9. The fourth-order valence-corrected chi connectivity index (χ4v) is 5.41. The molecule has 12 heteroatoms. The highest BCUT2D eigenvalue weighted by Crippen LogP contribution is 2.33. The molecule has 1 fully saturated rings. The molecule has 44 heavy (non-hydrogen) atoms. The van der Waals surface area contributed by atoms with Crippen LogP contribution >= 0.6 is 0 Å². The molecule has 0 spiro atoms. The maximum atomic E-state index is 14.9. The first kappa shape index (κ1) is 30.9. The standard InChI is InChI=1S/C32H38FN7O4/c1-21-26(20-36-32(37-21)40-16-14-38(2)15-17-40)31(44)39-12-3-4-29(42)34-10-9-22-5-8-28(41)25(18-22)24-19-23(6-7-27(24)33)30(43)35-11-13-39/h5-8,18-20,41H,3-4,9-17H2,1-2H3,(H,34,42)(H,35,43). The molecule has 0 aliphatic carbocycles. The molecule has 5 rings (SSSR count). The number of phenols is 1. The molecule has 1 aromatic heterocycles. The Morgan fingerprint density at radius 1 is 0.932 bits per heavy atom. The van der Waals surface area contributed by atoms with Gasteiger partial charge in [0, 0.05) is 81.7 Å². The van der Waals surface area contributed by atoms with E-state index in [0.29, 0.717) is 43.1 Å². The molecular weight excluding hydrogens is 565 g/mol. The van der Waals surface area contributed by atoms with E-state index in [0.717, 1.165) is 31.7 Å². The van der Waals surface area contributed by atoms with E-state index in [1.807, 2.05) is 0 Å². The number of rotatable bonds is 2. The summed E-state index contributed by atoms with van der Waals surface area (Å²) in [5.41, 5.74) is 2.29. The second kappa shape index (κ2) is 13.8. The van der Waals surface area contributed by atoms with Crippen molar-refractivity contribution in [1.82, 2.24) is 30.4 Å². The highest BCUT2D eigenvalue weighted by atomic mass is 19.1.